The quantitative estimate of drug-likeness (QED) is 0.661. The number of carbonyl (C=O) groups excluding carboxylic acids is 2. The summed E-state index contributed by atoms with van der Waals surface area (Å²) in [5.41, 5.74) is 0. The highest BCUT2D eigenvalue weighted by atomic mass is 32.2. The molecule has 5 heteroatoms. The smallest absolute Gasteiger partial charge is 0.328 e. The second-order valence-electron chi connectivity index (χ2n) is 2.56. The van der Waals surface area contributed by atoms with Crippen LogP contribution in [0.2, 0.25) is 0 Å². The molecule has 4 nitrogen and oxygen atoms in total. The molecular formula is C8H15NO3S. The molecule has 0 aromatic heterocycles. The summed E-state index contributed by atoms with van der Waals surface area (Å²) in [6, 6.07) is -0.505. The van der Waals surface area contributed by atoms with Crippen LogP contribution < -0.4 is 5.32 Å². The number of rotatable bonds is 5. The number of amides is 1. The van der Waals surface area contributed by atoms with E-state index in [0.717, 1.165) is 5.75 Å². The standard InChI is InChI=1S/C8H15NO3S/c1-6(10)9-7(4-5-13-3)8(11)12-2/h7H,4-5H2,1-3H3,(H,9,10). The van der Waals surface area contributed by atoms with E-state index in [1.54, 1.807) is 11.8 Å². The number of hydrogen-bond donors (Lipinski definition) is 1. The topological polar surface area (TPSA) is 55.4 Å². The average Bonchev–Trinajstić information content (AvgIpc) is 2.10. The first-order valence-electron chi connectivity index (χ1n) is 3.95. The van der Waals surface area contributed by atoms with E-state index in [0.29, 0.717) is 6.42 Å². The van der Waals surface area contributed by atoms with Gasteiger partial charge in [0.2, 0.25) is 5.91 Å². The van der Waals surface area contributed by atoms with Crippen LogP contribution in [-0.2, 0) is 14.3 Å². The van der Waals surface area contributed by atoms with Gasteiger partial charge in [-0.05, 0) is 18.4 Å². The zero-order valence-electron chi connectivity index (χ0n) is 8.12. The van der Waals surface area contributed by atoms with Crippen molar-refractivity contribution in [2.45, 2.75) is 19.4 Å². The second kappa shape index (κ2) is 6.77. The van der Waals surface area contributed by atoms with Crippen LogP contribution in [0.3, 0.4) is 0 Å². The lowest BCUT2D eigenvalue weighted by atomic mass is 10.2. The highest BCUT2D eigenvalue weighted by Gasteiger charge is 2.18. The molecule has 0 aliphatic carbocycles. The fourth-order valence-corrected chi connectivity index (χ4v) is 1.34. The van der Waals surface area contributed by atoms with E-state index < -0.39 is 6.04 Å². The monoisotopic (exact) mass is 205 g/mol. The van der Waals surface area contributed by atoms with Gasteiger partial charge in [-0.25, -0.2) is 4.79 Å². The first kappa shape index (κ1) is 12.3. The number of methoxy groups -OCH3 is 1. The molecule has 0 fully saturated rings. The summed E-state index contributed by atoms with van der Waals surface area (Å²) in [7, 11) is 1.32. The van der Waals surface area contributed by atoms with Crippen molar-refractivity contribution in [2.24, 2.45) is 0 Å². The average molecular weight is 205 g/mol. The van der Waals surface area contributed by atoms with Gasteiger partial charge in [-0.2, -0.15) is 11.8 Å². The largest absolute Gasteiger partial charge is 0.467 e. The summed E-state index contributed by atoms with van der Waals surface area (Å²) in [6.45, 7) is 1.38. The van der Waals surface area contributed by atoms with Crippen LogP contribution in [0.25, 0.3) is 0 Å². The third-order valence-corrected chi connectivity index (χ3v) is 2.12. The van der Waals surface area contributed by atoms with E-state index in [1.807, 2.05) is 6.26 Å². The maximum atomic E-state index is 11.1. The SMILES string of the molecule is COC(=O)C(CCSC)NC(C)=O. The van der Waals surface area contributed by atoms with Crippen molar-refractivity contribution < 1.29 is 14.3 Å². The van der Waals surface area contributed by atoms with Crippen LogP contribution in [-0.4, -0.2) is 37.0 Å². The minimum Gasteiger partial charge on any atom is -0.467 e. The van der Waals surface area contributed by atoms with E-state index in [-0.39, 0.29) is 11.9 Å². The molecule has 0 heterocycles. The summed E-state index contributed by atoms with van der Waals surface area (Å²) in [6.07, 6.45) is 2.55. The van der Waals surface area contributed by atoms with Crippen molar-refractivity contribution in [1.82, 2.24) is 5.32 Å². The summed E-state index contributed by atoms with van der Waals surface area (Å²) in [4.78, 5) is 21.8. The van der Waals surface area contributed by atoms with E-state index in [1.165, 1.54) is 14.0 Å². The molecule has 0 saturated carbocycles. The lowest BCUT2D eigenvalue weighted by Gasteiger charge is -2.14. The summed E-state index contributed by atoms with van der Waals surface area (Å²) in [5, 5.41) is 2.54. The molecule has 0 aliphatic rings. The molecule has 0 radical (unpaired) electrons. The van der Waals surface area contributed by atoms with Gasteiger partial charge in [0.25, 0.3) is 0 Å². The number of nitrogens with one attached hydrogen (secondary N) is 1. The molecule has 0 bridgehead atoms. The zero-order valence-corrected chi connectivity index (χ0v) is 8.94. The van der Waals surface area contributed by atoms with Crippen molar-refractivity contribution in [3.05, 3.63) is 0 Å². The van der Waals surface area contributed by atoms with Gasteiger partial charge in [-0.15, -0.1) is 0 Å². The third-order valence-electron chi connectivity index (χ3n) is 1.47. The van der Waals surface area contributed by atoms with Gasteiger partial charge in [0.1, 0.15) is 6.04 Å². The Labute approximate surface area is 82.4 Å². The molecule has 0 rings (SSSR count). The van der Waals surface area contributed by atoms with E-state index >= 15 is 0 Å². The first-order chi connectivity index (χ1) is 6.11. The van der Waals surface area contributed by atoms with Gasteiger partial charge in [0.15, 0.2) is 0 Å². The minimum absolute atomic E-state index is 0.212. The number of carbonyl (C=O) groups is 2. The van der Waals surface area contributed by atoms with Gasteiger partial charge in [-0.3, -0.25) is 4.79 Å². The maximum absolute atomic E-state index is 11.1. The van der Waals surface area contributed by atoms with Crippen LogP contribution in [0.4, 0.5) is 0 Å². The Morgan fingerprint density at radius 3 is 2.54 bits per heavy atom. The predicted octanol–water partition coefficient (Wildman–Crippen LogP) is 0.417. The summed E-state index contributed by atoms with van der Waals surface area (Å²) >= 11 is 1.63. The molecule has 0 spiro atoms. The number of esters is 1. The molecule has 76 valence electrons. The molecule has 1 N–H and O–H groups in total. The summed E-state index contributed by atoms with van der Waals surface area (Å²) in [5.74, 6) is 0.223. The molecule has 1 unspecified atom stereocenters. The van der Waals surface area contributed by atoms with Crippen LogP contribution in [0.15, 0.2) is 0 Å². The van der Waals surface area contributed by atoms with Crippen molar-refractivity contribution in [1.29, 1.82) is 0 Å². The van der Waals surface area contributed by atoms with Crippen molar-refractivity contribution in [3.8, 4) is 0 Å². The fraction of sp³-hybridized carbons (Fsp3) is 0.750. The van der Waals surface area contributed by atoms with E-state index in [2.05, 4.69) is 10.1 Å². The van der Waals surface area contributed by atoms with Crippen LogP contribution in [0, 0.1) is 0 Å². The van der Waals surface area contributed by atoms with Gasteiger partial charge < -0.3 is 10.1 Å². The van der Waals surface area contributed by atoms with Crippen LogP contribution >= 0.6 is 11.8 Å². The minimum atomic E-state index is -0.505. The van der Waals surface area contributed by atoms with Gasteiger partial charge in [0.05, 0.1) is 7.11 Å². The maximum Gasteiger partial charge on any atom is 0.328 e. The van der Waals surface area contributed by atoms with Crippen LogP contribution in [0.1, 0.15) is 13.3 Å². The van der Waals surface area contributed by atoms with Crippen molar-refractivity contribution in [3.63, 3.8) is 0 Å². The predicted molar refractivity (Wildman–Crippen MR) is 52.6 cm³/mol. The van der Waals surface area contributed by atoms with E-state index in [4.69, 9.17) is 0 Å². The molecule has 13 heavy (non-hydrogen) atoms. The zero-order chi connectivity index (χ0) is 10.3. The van der Waals surface area contributed by atoms with Crippen molar-refractivity contribution in [2.75, 3.05) is 19.1 Å². The van der Waals surface area contributed by atoms with Gasteiger partial charge in [0, 0.05) is 6.92 Å². The number of hydrogen-bond acceptors (Lipinski definition) is 4. The van der Waals surface area contributed by atoms with Crippen LogP contribution in [0.5, 0.6) is 0 Å². The molecule has 0 aromatic rings. The normalized spacial score (nSPS) is 11.9. The molecule has 1 atom stereocenters. The molecule has 0 aliphatic heterocycles. The Morgan fingerprint density at radius 2 is 2.15 bits per heavy atom. The second-order valence-corrected chi connectivity index (χ2v) is 3.54. The summed E-state index contributed by atoms with van der Waals surface area (Å²) < 4.78 is 4.55. The molecular weight excluding hydrogens is 190 g/mol. The molecule has 1 amide bonds. The lowest BCUT2D eigenvalue weighted by Crippen LogP contribution is -2.40. The molecule has 0 aromatic carbocycles. The number of thioether (sulfide) groups is 1. The van der Waals surface area contributed by atoms with Crippen molar-refractivity contribution >= 4 is 23.6 Å². The Kier molecular flexibility index (Phi) is 6.40. The number of ether oxygens (including phenoxy) is 1. The Hall–Kier alpha value is -0.710. The lowest BCUT2D eigenvalue weighted by molar-refractivity contribution is -0.144. The highest BCUT2D eigenvalue weighted by molar-refractivity contribution is 7.98. The Bertz CT molecular complexity index is 184. The third kappa shape index (κ3) is 5.52. The first-order valence-corrected chi connectivity index (χ1v) is 5.35. The van der Waals surface area contributed by atoms with Gasteiger partial charge in [-0.1, -0.05) is 0 Å². The fourth-order valence-electron chi connectivity index (χ4n) is 0.872. The Morgan fingerprint density at radius 1 is 1.54 bits per heavy atom. The van der Waals surface area contributed by atoms with E-state index in [9.17, 15) is 9.59 Å². The Balaban J connectivity index is 4.02. The van der Waals surface area contributed by atoms with Gasteiger partial charge >= 0.3 is 5.97 Å². The highest BCUT2D eigenvalue weighted by Crippen LogP contribution is 2.02. The molecule has 0 saturated heterocycles.